The lowest BCUT2D eigenvalue weighted by molar-refractivity contribution is 0.0907. The van der Waals surface area contributed by atoms with Gasteiger partial charge < -0.3 is 14.5 Å². The zero-order valence-electron chi connectivity index (χ0n) is 17.1. The molecule has 0 aliphatic carbocycles. The Morgan fingerprint density at radius 1 is 1.21 bits per heavy atom. The number of amides is 1. The summed E-state index contributed by atoms with van der Waals surface area (Å²) in [6.07, 6.45) is 1.96. The monoisotopic (exact) mass is 381 g/mol. The fourth-order valence-electron chi connectivity index (χ4n) is 3.00. The lowest BCUT2D eigenvalue weighted by Crippen LogP contribution is -2.26. The summed E-state index contributed by atoms with van der Waals surface area (Å²) >= 11 is 0. The van der Waals surface area contributed by atoms with Gasteiger partial charge in [-0.3, -0.25) is 9.48 Å². The summed E-state index contributed by atoms with van der Waals surface area (Å²) in [7, 11) is 0. The molecule has 1 atom stereocenters. The van der Waals surface area contributed by atoms with E-state index in [4.69, 9.17) is 9.15 Å². The number of nitrogens with zero attached hydrogens (tertiary/aromatic N) is 2. The Balaban J connectivity index is 1.60. The number of aromatic nitrogens is 2. The standard InChI is InChI=1S/C22H27N3O3/c1-6-25-12-20(17(5)24-25)16(4)23-22(26)21-10-9-19(28-21)13-27-18-8-7-14(2)15(3)11-18/h7-12,16H,6,13H2,1-5H3,(H,23,26). The van der Waals surface area contributed by atoms with Crippen molar-refractivity contribution in [1.29, 1.82) is 0 Å². The topological polar surface area (TPSA) is 69.3 Å². The highest BCUT2D eigenvalue weighted by Gasteiger charge is 2.18. The van der Waals surface area contributed by atoms with Crippen LogP contribution in [0.4, 0.5) is 0 Å². The number of carbonyl (C=O) groups is 1. The molecule has 0 bridgehead atoms. The lowest BCUT2D eigenvalue weighted by atomic mass is 10.1. The largest absolute Gasteiger partial charge is 0.486 e. The van der Waals surface area contributed by atoms with Crippen LogP contribution < -0.4 is 10.1 Å². The van der Waals surface area contributed by atoms with Crippen LogP contribution in [0.3, 0.4) is 0 Å². The number of nitrogens with one attached hydrogen (secondary N) is 1. The number of furan rings is 1. The zero-order valence-corrected chi connectivity index (χ0v) is 17.1. The highest BCUT2D eigenvalue weighted by molar-refractivity contribution is 5.91. The molecule has 0 aliphatic rings. The smallest absolute Gasteiger partial charge is 0.287 e. The molecular formula is C22H27N3O3. The molecule has 6 heteroatoms. The molecule has 0 saturated heterocycles. The third-order valence-electron chi connectivity index (χ3n) is 4.87. The number of benzene rings is 1. The highest BCUT2D eigenvalue weighted by atomic mass is 16.5. The van der Waals surface area contributed by atoms with Gasteiger partial charge >= 0.3 is 0 Å². The molecule has 6 nitrogen and oxygen atoms in total. The molecule has 0 radical (unpaired) electrons. The van der Waals surface area contributed by atoms with E-state index in [1.807, 2.05) is 56.8 Å². The number of hydrogen-bond donors (Lipinski definition) is 1. The van der Waals surface area contributed by atoms with E-state index in [-0.39, 0.29) is 24.3 Å². The van der Waals surface area contributed by atoms with E-state index < -0.39 is 0 Å². The van der Waals surface area contributed by atoms with E-state index in [2.05, 4.69) is 17.3 Å². The van der Waals surface area contributed by atoms with Crippen LogP contribution >= 0.6 is 0 Å². The van der Waals surface area contributed by atoms with Crippen LogP contribution in [0.15, 0.2) is 40.9 Å². The molecule has 0 fully saturated rings. The van der Waals surface area contributed by atoms with E-state index >= 15 is 0 Å². The van der Waals surface area contributed by atoms with Crippen LogP contribution in [0.25, 0.3) is 0 Å². The maximum Gasteiger partial charge on any atom is 0.287 e. The Kier molecular flexibility index (Phi) is 5.87. The molecule has 1 unspecified atom stereocenters. The molecular weight excluding hydrogens is 354 g/mol. The van der Waals surface area contributed by atoms with Crippen molar-refractivity contribution in [3.63, 3.8) is 0 Å². The van der Waals surface area contributed by atoms with Crippen molar-refractivity contribution in [2.45, 2.75) is 53.8 Å². The van der Waals surface area contributed by atoms with E-state index in [1.54, 1.807) is 12.1 Å². The van der Waals surface area contributed by atoms with Crippen molar-refractivity contribution >= 4 is 5.91 Å². The van der Waals surface area contributed by atoms with Gasteiger partial charge in [-0.05, 0) is 70.0 Å². The predicted molar refractivity (Wildman–Crippen MR) is 107 cm³/mol. The van der Waals surface area contributed by atoms with Crippen LogP contribution in [-0.2, 0) is 13.2 Å². The summed E-state index contributed by atoms with van der Waals surface area (Å²) in [6, 6.07) is 9.22. The molecule has 0 saturated carbocycles. The van der Waals surface area contributed by atoms with Crippen LogP contribution in [0.5, 0.6) is 5.75 Å². The van der Waals surface area contributed by atoms with Gasteiger partial charge in [0.15, 0.2) is 5.76 Å². The van der Waals surface area contributed by atoms with Gasteiger partial charge in [0, 0.05) is 18.3 Å². The molecule has 2 heterocycles. The summed E-state index contributed by atoms with van der Waals surface area (Å²) in [5.74, 6) is 1.40. The maximum atomic E-state index is 12.5. The second kappa shape index (κ2) is 8.33. The Morgan fingerprint density at radius 3 is 2.68 bits per heavy atom. The van der Waals surface area contributed by atoms with E-state index in [0.717, 1.165) is 23.6 Å². The average molecular weight is 381 g/mol. The molecule has 2 aromatic heterocycles. The number of rotatable bonds is 7. The van der Waals surface area contributed by atoms with Gasteiger partial charge in [0.2, 0.25) is 0 Å². The Morgan fingerprint density at radius 2 is 2.00 bits per heavy atom. The van der Waals surface area contributed by atoms with Gasteiger partial charge in [0.05, 0.1) is 11.7 Å². The third-order valence-corrected chi connectivity index (χ3v) is 4.87. The molecule has 1 N–H and O–H groups in total. The van der Waals surface area contributed by atoms with E-state index in [0.29, 0.717) is 5.76 Å². The van der Waals surface area contributed by atoms with Crippen LogP contribution in [0, 0.1) is 20.8 Å². The van der Waals surface area contributed by atoms with Gasteiger partial charge in [-0.2, -0.15) is 5.10 Å². The minimum absolute atomic E-state index is 0.159. The van der Waals surface area contributed by atoms with Crippen molar-refractivity contribution in [1.82, 2.24) is 15.1 Å². The lowest BCUT2D eigenvalue weighted by Gasteiger charge is -2.12. The number of ether oxygens (including phenoxy) is 1. The number of carbonyl (C=O) groups excluding carboxylic acids is 1. The third kappa shape index (κ3) is 4.44. The van der Waals surface area contributed by atoms with Gasteiger partial charge in [-0.1, -0.05) is 6.07 Å². The fourth-order valence-corrected chi connectivity index (χ4v) is 3.00. The first-order valence-corrected chi connectivity index (χ1v) is 9.51. The molecule has 0 aliphatic heterocycles. The van der Waals surface area contributed by atoms with Crippen LogP contribution in [0.1, 0.15) is 58.6 Å². The minimum atomic E-state index is -0.256. The van der Waals surface area contributed by atoms with Crippen molar-refractivity contribution in [3.8, 4) is 5.75 Å². The fraction of sp³-hybridized carbons (Fsp3) is 0.364. The van der Waals surface area contributed by atoms with E-state index in [1.165, 1.54) is 11.1 Å². The Bertz CT molecular complexity index is 971. The molecule has 1 amide bonds. The summed E-state index contributed by atoms with van der Waals surface area (Å²) in [6.45, 7) is 11.1. The first-order chi connectivity index (χ1) is 13.4. The van der Waals surface area contributed by atoms with Crippen molar-refractivity contribution < 1.29 is 13.9 Å². The van der Waals surface area contributed by atoms with Gasteiger partial charge in [-0.15, -0.1) is 0 Å². The van der Waals surface area contributed by atoms with Crippen LogP contribution in [0.2, 0.25) is 0 Å². The first kappa shape index (κ1) is 19.7. The average Bonchev–Trinajstić information content (AvgIpc) is 3.29. The van der Waals surface area contributed by atoms with Crippen molar-refractivity contribution in [3.05, 3.63) is 70.4 Å². The molecule has 1 aromatic carbocycles. The Labute approximate surface area is 165 Å². The molecule has 0 spiro atoms. The van der Waals surface area contributed by atoms with E-state index in [9.17, 15) is 4.79 Å². The normalized spacial score (nSPS) is 12.0. The van der Waals surface area contributed by atoms with Crippen LogP contribution in [-0.4, -0.2) is 15.7 Å². The summed E-state index contributed by atoms with van der Waals surface area (Å²) in [5, 5.41) is 7.39. The highest BCUT2D eigenvalue weighted by Crippen LogP contribution is 2.20. The Hall–Kier alpha value is -3.02. The molecule has 3 rings (SSSR count). The van der Waals surface area contributed by atoms with Crippen molar-refractivity contribution in [2.24, 2.45) is 0 Å². The molecule has 3 aromatic rings. The molecule has 148 valence electrons. The van der Waals surface area contributed by atoms with Gasteiger partial charge in [0.1, 0.15) is 18.1 Å². The zero-order chi connectivity index (χ0) is 20.3. The predicted octanol–water partition coefficient (Wildman–Crippen LogP) is 4.49. The van der Waals surface area contributed by atoms with Gasteiger partial charge in [0.25, 0.3) is 5.91 Å². The minimum Gasteiger partial charge on any atom is -0.486 e. The molecule has 28 heavy (non-hydrogen) atoms. The summed E-state index contributed by atoms with van der Waals surface area (Å²) in [4.78, 5) is 12.5. The number of aryl methyl sites for hydroxylation is 4. The quantitative estimate of drug-likeness (QED) is 0.655. The number of hydrogen-bond acceptors (Lipinski definition) is 4. The SMILES string of the molecule is CCn1cc(C(C)NC(=O)c2ccc(COc3ccc(C)c(C)c3)o2)c(C)n1. The maximum absolute atomic E-state index is 12.5. The van der Waals surface area contributed by atoms with Crippen molar-refractivity contribution in [2.75, 3.05) is 0 Å². The second-order valence-electron chi connectivity index (χ2n) is 7.02. The summed E-state index contributed by atoms with van der Waals surface area (Å²) < 4.78 is 13.3. The van der Waals surface area contributed by atoms with Gasteiger partial charge in [-0.25, -0.2) is 0 Å². The first-order valence-electron chi connectivity index (χ1n) is 9.51. The summed E-state index contributed by atoms with van der Waals surface area (Å²) in [5.41, 5.74) is 4.31. The second-order valence-corrected chi connectivity index (χ2v) is 7.02.